The highest BCUT2D eigenvalue weighted by atomic mass is 35.5. The lowest BCUT2D eigenvalue weighted by Gasteiger charge is -2.32. The van der Waals surface area contributed by atoms with Crippen LogP contribution in [0.3, 0.4) is 0 Å². The van der Waals surface area contributed by atoms with Crippen LogP contribution in [0.1, 0.15) is 67.2 Å². The number of rotatable bonds is 5. The number of hydrogen-bond donors (Lipinski definition) is 0. The quantitative estimate of drug-likeness (QED) is 0.357. The van der Waals surface area contributed by atoms with E-state index in [2.05, 4.69) is 4.98 Å². The van der Waals surface area contributed by atoms with E-state index in [0.29, 0.717) is 17.1 Å². The van der Waals surface area contributed by atoms with E-state index in [-0.39, 0.29) is 40.6 Å². The van der Waals surface area contributed by atoms with Crippen LogP contribution in [0.2, 0.25) is 10.8 Å². The van der Waals surface area contributed by atoms with Gasteiger partial charge in [0.05, 0.1) is 28.1 Å². The van der Waals surface area contributed by atoms with Gasteiger partial charge in [0.1, 0.15) is 10.8 Å². The molecule has 1 aliphatic heterocycles. The molecule has 1 saturated heterocycles. The molecule has 210 valence electrons. The lowest BCUT2D eigenvalue weighted by molar-refractivity contribution is 0.00578. The van der Waals surface area contributed by atoms with Gasteiger partial charge in [0.2, 0.25) is 0 Å². The summed E-state index contributed by atoms with van der Waals surface area (Å²) in [6.07, 6.45) is 2.41. The SMILES string of the molecule is Cc1cnc(-c2cccc(C(=O)N(C)C)c2F)cc1-n1c(C)cc([C@H]2C[C@@H]2B2OC(C)(C)C(C)(C)O2)c(Cl)c1=O. The number of halogens is 2. The Morgan fingerprint density at radius 2 is 1.80 bits per heavy atom. The molecular weight excluding hydrogens is 532 g/mol. The van der Waals surface area contributed by atoms with Crippen molar-refractivity contribution in [2.75, 3.05) is 14.1 Å². The Morgan fingerprint density at radius 3 is 2.42 bits per heavy atom. The maximum absolute atomic E-state index is 15.4. The van der Waals surface area contributed by atoms with Crippen molar-refractivity contribution in [3.63, 3.8) is 0 Å². The number of pyridine rings is 2. The normalized spacial score (nSPS) is 21.0. The number of benzene rings is 1. The first-order valence-corrected chi connectivity index (χ1v) is 13.8. The fourth-order valence-corrected chi connectivity index (χ4v) is 5.56. The Labute approximate surface area is 239 Å². The second-order valence-electron chi connectivity index (χ2n) is 12.0. The predicted octanol–water partition coefficient (Wildman–Crippen LogP) is 5.96. The predicted molar refractivity (Wildman–Crippen MR) is 155 cm³/mol. The summed E-state index contributed by atoms with van der Waals surface area (Å²) < 4.78 is 29.5. The molecule has 2 aromatic heterocycles. The van der Waals surface area contributed by atoms with Crippen molar-refractivity contribution in [1.82, 2.24) is 14.5 Å². The molecule has 1 saturated carbocycles. The zero-order valence-electron chi connectivity index (χ0n) is 24.1. The highest BCUT2D eigenvalue weighted by Crippen LogP contribution is 2.59. The van der Waals surface area contributed by atoms with Crippen LogP contribution in [0.4, 0.5) is 4.39 Å². The molecule has 10 heteroatoms. The van der Waals surface area contributed by atoms with E-state index < -0.39 is 22.9 Å². The number of nitrogens with zero attached hydrogens (tertiary/aromatic N) is 3. The smallest absolute Gasteiger partial charge is 0.403 e. The third-order valence-corrected chi connectivity index (χ3v) is 8.83. The van der Waals surface area contributed by atoms with Crippen LogP contribution in [0.5, 0.6) is 0 Å². The highest BCUT2D eigenvalue weighted by molar-refractivity contribution is 6.49. The number of amides is 1. The number of carbonyl (C=O) groups excluding carboxylic acids is 1. The number of aromatic nitrogens is 2. The molecule has 2 aliphatic rings. The van der Waals surface area contributed by atoms with Crippen molar-refractivity contribution >= 4 is 24.6 Å². The zero-order valence-corrected chi connectivity index (χ0v) is 24.9. The lowest BCUT2D eigenvalue weighted by atomic mass is 9.79. The fraction of sp³-hybridized carbons (Fsp3) is 0.433. The minimum atomic E-state index is -0.663. The highest BCUT2D eigenvalue weighted by Gasteiger charge is 2.60. The Morgan fingerprint density at radius 1 is 1.15 bits per heavy atom. The van der Waals surface area contributed by atoms with Crippen molar-refractivity contribution in [3.05, 3.63) is 80.1 Å². The summed E-state index contributed by atoms with van der Waals surface area (Å²) in [5.41, 5.74) is 1.97. The molecule has 2 atom stereocenters. The van der Waals surface area contributed by atoms with E-state index in [0.717, 1.165) is 17.5 Å². The van der Waals surface area contributed by atoms with Gasteiger partial charge in [-0.3, -0.25) is 19.1 Å². The van der Waals surface area contributed by atoms with Crippen LogP contribution in [-0.4, -0.2) is 52.8 Å². The topological polar surface area (TPSA) is 73.7 Å². The van der Waals surface area contributed by atoms with E-state index in [4.69, 9.17) is 20.9 Å². The molecule has 1 amide bonds. The van der Waals surface area contributed by atoms with Gasteiger partial charge < -0.3 is 14.2 Å². The van der Waals surface area contributed by atoms with Crippen LogP contribution in [0.15, 0.2) is 41.3 Å². The third kappa shape index (κ3) is 4.68. The molecule has 0 unspecified atom stereocenters. The molecule has 0 bridgehead atoms. The number of carbonyl (C=O) groups is 1. The molecule has 0 spiro atoms. The van der Waals surface area contributed by atoms with E-state index in [1.54, 1.807) is 38.5 Å². The molecule has 3 heterocycles. The Bertz CT molecular complexity index is 1570. The van der Waals surface area contributed by atoms with Crippen LogP contribution < -0.4 is 5.56 Å². The van der Waals surface area contributed by atoms with Gasteiger partial charge in [0.25, 0.3) is 11.5 Å². The monoisotopic (exact) mass is 565 g/mol. The average molecular weight is 566 g/mol. The van der Waals surface area contributed by atoms with Crippen molar-refractivity contribution < 1.29 is 18.5 Å². The van der Waals surface area contributed by atoms with Crippen molar-refractivity contribution in [2.45, 2.75) is 70.9 Å². The van der Waals surface area contributed by atoms with E-state index in [9.17, 15) is 9.59 Å². The van der Waals surface area contributed by atoms with Gasteiger partial charge in [-0.15, -0.1) is 0 Å². The minimum absolute atomic E-state index is 0.0480. The van der Waals surface area contributed by atoms with Crippen molar-refractivity contribution in [1.29, 1.82) is 0 Å². The summed E-state index contributed by atoms with van der Waals surface area (Å²) >= 11 is 6.73. The van der Waals surface area contributed by atoms with Crippen LogP contribution in [0, 0.1) is 19.7 Å². The second kappa shape index (κ2) is 9.82. The zero-order chi connectivity index (χ0) is 29.3. The largest absolute Gasteiger partial charge is 0.461 e. The molecule has 5 rings (SSSR count). The summed E-state index contributed by atoms with van der Waals surface area (Å²) in [6.45, 7) is 11.8. The Kier molecular flexibility index (Phi) is 7.00. The molecule has 1 aliphatic carbocycles. The Balaban J connectivity index is 1.50. The summed E-state index contributed by atoms with van der Waals surface area (Å²) in [4.78, 5) is 31.9. The molecular formula is C30H34BClFN3O4. The lowest BCUT2D eigenvalue weighted by Crippen LogP contribution is -2.41. The van der Waals surface area contributed by atoms with Crippen molar-refractivity contribution in [3.8, 4) is 16.9 Å². The van der Waals surface area contributed by atoms with Gasteiger partial charge in [0, 0.05) is 37.4 Å². The average Bonchev–Trinajstić information content (AvgIpc) is 3.63. The number of hydrogen-bond acceptors (Lipinski definition) is 5. The van der Waals surface area contributed by atoms with Crippen molar-refractivity contribution in [2.24, 2.45) is 0 Å². The molecule has 2 fully saturated rings. The second-order valence-corrected chi connectivity index (χ2v) is 12.4. The van der Waals surface area contributed by atoms with Gasteiger partial charge in [-0.25, -0.2) is 4.39 Å². The molecule has 1 aromatic carbocycles. The maximum atomic E-state index is 15.4. The molecule has 0 radical (unpaired) electrons. The first-order chi connectivity index (χ1) is 18.6. The van der Waals surface area contributed by atoms with Crippen LogP contribution in [0.25, 0.3) is 16.9 Å². The standard InChI is InChI=1S/C30H34BClFN3O4/c1-16-15-34-23(18-10-9-11-19(26(18)33)27(37)35(7)8)14-24(16)36-17(2)12-21(25(32)28(36)38)20-13-22(20)31-39-29(3,4)30(5,6)40-31/h9-12,14-15,20,22H,13H2,1-8H3/t20-,22+/m1/s1. The summed E-state index contributed by atoms with van der Waals surface area (Å²) in [5.74, 6) is -0.936. The molecule has 40 heavy (non-hydrogen) atoms. The van der Waals surface area contributed by atoms with Gasteiger partial charge >= 0.3 is 7.12 Å². The summed E-state index contributed by atoms with van der Waals surface area (Å²) in [5, 5.41) is 0.150. The van der Waals surface area contributed by atoms with E-state index in [1.807, 2.05) is 47.6 Å². The molecule has 7 nitrogen and oxygen atoms in total. The van der Waals surface area contributed by atoms with E-state index in [1.165, 1.54) is 15.5 Å². The summed E-state index contributed by atoms with van der Waals surface area (Å²) in [6, 6.07) is 8.23. The Hall–Kier alpha value is -3.01. The summed E-state index contributed by atoms with van der Waals surface area (Å²) in [7, 11) is 2.78. The molecule has 0 N–H and O–H groups in total. The maximum Gasteiger partial charge on any atom is 0.461 e. The fourth-order valence-electron chi connectivity index (χ4n) is 5.28. The van der Waals surface area contributed by atoms with Gasteiger partial charge in [-0.05, 0) is 89.3 Å². The van der Waals surface area contributed by atoms with Crippen LogP contribution in [-0.2, 0) is 9.31 Å². The number of aryl methyl sites for hydroxylation is 2. The van der Waals surface area contributed by atoms with Crippen LogP contribution >= 0.6 is 11.6 Å². The van der Waals surface area contributed by atoms with E-state index >= 15 is 4.39 Å². The van der Waals surface area contributed by atoms with Gasteiger partial charge in [-0.1, -0.05) is 17.7 Å². The minimum Gasteiger partial charge on any atom is -0.403 e. The molecule has 3 aromatic rings. The van der Waals surface area contributed by atoms with Gasteiger partial charge in [0.15, 0.2) is 0 Å². The third-order valence-electron chi connectivity index (χ3n) is 8.45. The first-order valence-electron chi connectivity index (χ1n) is 13.4. The van der Waals surface area contributed by atoms with Gasteiger partial charge in [-0.2, -0.15) is 0 Å². The first kappa shape index (κ1) is 28.5.